The second-order valence-corrected chi connectivity index (χ2v) is 15.7. The molecule has 0 amide bonds. The van der Waals surface area contributed by atoms with Crippen LogP contribution in [0, 0.1) is 0 Å². The summed E-state index contributed by atoms with van der Waals surface area (Å²) in [5, 5.41) is 11.9. The van der Waals surface area contributed by atoms with Crippen molar-refractivity contribution in [3.05, 3.63) is 60.2 Å². The van der Waals surface area contributed by atoms with Crippen molar-refractivity contribution in [2.75, 3.05) is 0 Å². The van der Waals surface area contributed by atoms with Gasteiger partial charge in [-0.1, -0.05) is 0 Å². The number of hydrogen-bond acceptors (Lipinski definition) is 3. The Balaban J connectivity index is 1.98. The number of esters is 1. The van der Waals surface area contributed by atoms with Crippen LogP contribution in [0.5, 0.6) is 0 Å². The zero-order valence-electron chi connectivity index (χ0n) is 16.2. The summed E-state index contributed by atoms with van der Waals surface area (Å²) in [5.74, 6) is -0.0689. The van der Waals surface area contributed by atoms with Gasteiger partial charge in [-0.15, -0.1) is 0 Å². The second-order valence-electron chi connectivity index (χ2n) is 7.66. The van der Waals surface area contributed by atoms with Crippen molar-refractivity contribution < 1.29 is 14.6 Å². The number of ether oxygens (including phenoxy) is 1. The first-order chi connectivity index (χ1) is 12.9. The van der Waals surface area contributed by atoms with E-state index in [1.807, 2.05) is 19.1 Å². The summed E-state index contributed by atoms with van der Waals surface area (Å²) in [5.41, 5.74) is 1.03. The summed E-state index contributed by atoms with van der Waals surface area (Å²) in [4.78, 5) is 11.9. The molecule has 27 heavy (non-hydrogen) atoms. The van der Waals surface area contributed by atoms with Crippen LogP contribution in [-0.4, -0.2) is 40.2 Å². The summed E-state index contributed by atoms with van der Waals surface area (Å²) in [6.45, 7) is 6.78. The predicted octanol–water partition coefficient (Wildman–Crippen LogP) is 3.11. The van der Waals surface area contributed by atoms with Crippen molar-refractivity contribution in [3.8, 4) is 0 Å². The van der Waals surface area contributed by atoms with E-state index in [9.17, 15) is 9.90 Å². The number of rotatable bonds is 7. The standard InChI is InChI=1S/C22H28O3SeSi/c1-4-18(23)17-12-8-9-13-20(17)26-22(19-14-15-21(24)25-19)27(2,3)16-10-6-5-7-11-16/h5-13,18-19,22-23H,4,14-15H2,1-3H3/t18-,19?,22?/m0/s1. The fourth-order valence-electron chi connectivity index (χ4n) is 3.70. The summed E-state index contributed by atoms with van der Waals surface area (Å²) in [7, 11) is -1.89. The normalized spacial score (nSPS) is 19.6. The molecule has 0 radical (unpaired) electrons. The van der Waals surface area contributed by atoms with E-state index in [1.54, 1.807) is 0 Å². The van der Waals surface area contributed by atoms with Gasteiger partial charge in [0.2, 0.25) is 0 Å². The third kappa shape index (κ3) is 4.54. The van der Waals surface area contributed by atoms with E-state index in [0.717, 1.165) is 12.0 Å². The molecule has 0 bridgehead atoms. The van der Waals surface area contributed by atoms with Gasteiger partial charge in [0.1, 0.15) is 0 Å². The molecule has 0 saturated carbocycles. The molecule has 1 saturated heterocycles. The van der Waals surface area contributed by atoms with Crippen LogP contribution in [0.3, 0.4) is 0 Å². The fourth-order valence-corrected chi connectivity index (χ4v) is 12.2. The molecule has 2 unspecified atom stereocenters. The van der Waals surface area contributed by atoms with E-state index in [0.29, 0.717) is 17.3 Å². The van der Waals surface area contributed by atoms with Crippen molar-refractivity contribution in [1.29, 1.82) is 0 Å². The zero-order valence-corrected chi connectivity index (χ0v) is 18.9. The van der Waals surface area contributed by atoms with Gasteiger partial charge in [-0.25, -0.2) is 0 Å². The monoisotopic (exact) mass is 448 g/mol. The molecule has 1 heterocycles. The first-order valence-corrected chi connectivity index (χ1v) is 14.5. The van der Waals surface area contributed by atoms with Gasteiger partial charge in [-0.2, -0.15) is 0 Å². The summed E-state index contributed by atoms with van der Waals surface area (Å²) in [6.07, 6.45) is 1.60. The number of hydrogen-bond donors (Lipinski definition) is 1. The molecule has 0 aromatic heterocycles. The Morgan fingerprint density at radius 1 is 1.15 bits per heavy atom. The van der Waals surface area contributed by atoms with Gasteiger partial charge < -0.3 is 0 Å². The van der Waals surface area contributed by atoms with Crippen LogP contribution in [0.15, 0.2) is 54.6 Å². The molecule has 1 aliphatic heterocycles. The topological polar surface area (TPSA) is 46.5 Å². The average Bonchev–Trinajstić information content (AvgIpc) is 3.12. The first-order valence-electron chi connectivity index (χ1n) is 9.62. The minimum absolute atomic E-state index is 0.00815. The Morgan fingerprint density at radius 3 is 2.44 bits per heavy atom. The molecule has 1 N–H and O–H groups in total. The summed E-state index contributed by atoms with van der Waals surface area (Å²) in [6, 6.07) is 18.9. The van der Waals surface area contributed by atoms with E-state index in [4.69, 9.17) is 4.74 Å². The van der Waals surface area contributed by atoms with Crippen LogP contribution in [0.4, 0.5) is 0 Å². The van der Waals surface area contributed by atoms with Gasteiger partial charge >= 0.3 is 169 Å². The van der Waals surface area contributed by atoms with Crippen molar-refractivity contribution >= 4 is 38.6 Å². The second kappa shape index (κ2) is 8.74. The van der Waals surface area contributed by atoms with Gasteiger partial charge in [0.15, 0.2) is 0 Å². The van der Waals surface area contributed by atoms with Crippen molar-refractivity contribution in [1.82, 2.24) is 0 Å². The number of aliphatic hydroxyl groups is 1. The van der Waals surface area contributed by atoms with E-state index in [2.05, 4.69) is 55.6 Å². The molecule has 144 valence electrons. The van der Waals surface area contributed by atoms with Crippen molar-refractivity contribution in [3.63, 3.8) is 0 Å². The molecule has 1 aliphatic rings. The van der Waals surface area contributed by atoms with Crippen LogP contribution in [-0.2, 0) is 9.53 Å². The fraction of sp³-hybridized carbons (Fsp3) is 0.409. The Bertz CT molecular complexity index is 778. The number of carbonyl (C=O) groups excluding carboxylic acids is 1. The van der Waals surface area contributed by atoms with Crippen molar-refractivity contribution in [2.45, 2.75) is 55.9 Å². The van der Waals surface area contributed by atoms with E-state index in [1.165, 1.54) is 9.65 Å². The third-order valence-electron chi connectivity index (χ3n) is 5.40. The van der Waals surface area contributed by atoms with Crippen molar-refractivity contribution in [2.24, 2.45) is 0 Å². The molecule has 3 rings (SSSR count). The van der Waals surface area contributed by atoms with Crippen LogP contribution in [0.25, 0.3) is 0 Å². The van der Waals surface area contributed by atoms with Gasteiger partial charge in [0, 0.05) is 0 Å². The third-order valence-corrected chi connectivity index (χ3v) is 15.8. The Labute approximate surface area is 169 Å². The van der Waals surface area contributed by atoms with Crippen LogP contribution >= 0.6 is 0 Å². The van der Waals surface area contributed by atoms with Gasteiger partial charge in [0.25, 0.3) is 0 Å². The Hall–Kier alpha value is -1.39. The molecule has 2 aromatic carbocycles. The number of aliphatic hydroxyl groups excluding tert-OH is 1. The molecule has 3 nitrogen and oxygen atoms in total. The molecular weight excluding hydrogens is 419 g/mol. The molecule has 3 atom stereocenters. The van der Waals surface area contributed by atoms with Crippen LogP contribution in [0.1, 0.15) is 37.9 Å². The maximum atomic E-state index is 11.9. The van der Waals surface area contributed by atoms with Gasteiger partial charge in [-0.3, -0.25) is 0 Å². The van der Waals surface area contributed by atoms with Gasteiger partial charge in [-0.05, 0) is 0 Å². The number of cyclic esters (lactones) is 1. The van der Waals surface area contributed by atoms with E-state index < -0.39 is 14.2 Å². The zero-order chi connectivity index (χ0) is 19.4. The average molecular weight is 448 g/mol. The molecule has 2 aromatic rings. The number of carbonyl (C=O) groups is 1. The molecule has 0 aliphatic carbocycles. The molecule has 5 heteroatoms. The number of benzene rings is 2. The van der Waals surface area contributed by atoms with Crippen LogP contribution in [0.2, 0.25) is 17.5 Å². The van der Waals surface area contributed by atoms with E-state index in [-0.39, 0.29) is 27.0 Å². The van der Waals surface area contributed by atoms with E-state index >= 15 is 0 Å². The summed E-state index contributed by atoms with van der Waals surface area (Å²) >= 11 is 0.119. The van der Waals surface area contributed by atoms with Gasteiger partial charge in [0.05, 0.1) is 0 Å². The molecule has 0 spiro atoms. The van der Waals surface area contributed by atoms with Crippen LogP contribution < -0.4 is 9.65 Å². The molecular formula is C22H28O3SeSi. The quantitative estimate of drug-likeness (QED) is 0.524. The molecule has 1 fully saturated rings. The Morgan fingerprint density at radius 2 is 1.81 bits per heavy atom. The Kier molecular flexibility index (Phi) is 6.59. The summed E-state index contributed by atoms with van der Waals surface area (Å²) < 4.78 is 7.36. The first kappa shape index (κ1) is 20.3. The maximum absolute atomic E-state index is 11.9. The predicted molar refractivity (Wildman–Crippen MR) is 114 cm³/mol. The SMILES string of the molecule is CC[C@H](O)c1ccccc1[Se]C(C1CCC(=O)O1)[Si](C)(C)c1ccccc1. The minimum atomic E-state index is -1.89.